The largest absolute Gasteiger partial charge is 0.468 e. The van der Waals surface area contributed by atoms with Gasteiger partial charge in [-0.1, -0.05) is 96.8 Å². The first-order valence-corrected chi connectivity index (χ1v) is 10.5. The maximum Gasteiger partial charge on any atom is 0.316 e. The van der Waals surface area contributed by atoms with Crippen molar-refractivity contribution in [3.05, 3.63) is 0 Å². The van der Waals surface area contributed by atoms with Crippen LogP contribution in [0.1, 0.15) is 103 Å². The van der Waals surface area contributed by atoms with Gasteiger partial charge in [0.15, 0.2) is 0 Å². The molecule has 0 fully saturated rings. The van der Waals surface area contributed by atoms with Crippen molar-refractivity contribution in [3.63, 3.8) is 0 Å². The molecule has 4 heteroatoms. The number of carbonyl (C=O) groups is 1. The lowest BCUT2D eigenvalue weighted by molar-refractivity contribution is -0.159. The highest BCUT2D eigenvalue weighted by molar-refractivity contribution is 5.77. The van der Waals surface area contributed by atoms with Gasteiger partial charge < -0.3 is 14.9 Å². The Morgan fingerprint density at radius 2 is 1.08 bits per heavy atom. The molecule has 0 unspecified atom stereocenters. The molecule has 0 aliphatic rings. The van der Waals surface area contributed by atoms with E-state index < -0.39 is 11.4 Å². The molecule has 0 saturated carbocycles. The van der Waals surface area contributed by atoms with Crippen molar-refractivity contribution in [3.8, 4) is 0 Å². The minimum atomic E-state index is -1.12. The van der Waals surface area contributed by atoms with E-state index in [-0.39, 0.29) is 13.2 Å². The van der Waals surface area contributed by atoms with Gasteiger partial charge in [-0.3, -0.25) is 4.79 Å². The van der Waals surface area contributed by atoms with Crippen LogP contribution in [-0.2, 0) is 9.53 Å². The summed E-state index contributed by atoms with van der Waals surface area (Å²) in [4.78, 5) is 11.7. The number of carbonyl (C=O) groups excluding carboxylic acids is 1. The second kappa shape index (κ2) is 16.8. The first kappa shape index (κ1) is 24.4. The summed E-state index contributed by atoms with van der Waals surface area (Å²) in [5, 5.41) is 18.8. The Kier molecular flexibility index (Phi) is 16.4. The summed E-state index contributed by atoms with van der Waals surface area (Å²) in [5.41, 5.74) is -1.12. The monoisotopic (exact) mass is 358 g/mol. The van der Waals surface area contributed by atoms with Crippen molar-refractivity contribution >= 4 is 5.97 Å². The first-order valence-electron chi connectivity index (χ1n) is 10.5. The third-order valence-corrected chi connectivity index (χ3v) is 5.23. The highest BCUT2D eigenvalue weighted by Crippen LogP contribution is 2.26. The van der Waals surface area contributed by atoms with Crippen LogP contribution in [0.5, 0.6) is 0 Å². The van der Waals surface area contributed by atoms with Crippen LogP contribution >= 0.6 is 0 Å². The molecule has 25 heavy (non-hydrogen) atoms. The van der Waals surface area contributed by atoms with Gasteiger partial charge in [-0.2, -0.15) is 0 Å². The van der Waals surface area contributed by atoms with Crippen molar-refractivity contribution in [1.82, 2.24) is 0 Å². The summed E-state index contributed by atoms with van der Waals surface area (Å²) in [5.74, 6) is -0.507. The molecular weight excluding hydrogens is 316 g/mol. The molecule has 0 saturated heterocycles. The Balaban J connectivity index is 3.47. The fraction of sp³-hybridized carbons (Fsp3) is 0.952. The van der Waals surface area contributed by atoms with Crippen molar-refractivity contribution in [2.45, 2.75) is 103 Å². The van der Waals surface area contributed by atoms with Crippen LogP contribution < -0.4 is 0 Å². The Labute approximate surface area is 155 Å². The lowest BCUT2D eigenvalue weighted by Gasteiger charge is -2.26. The molecule has 2 N–H and O–H groups in total. The highest BCUT2D eigenvalue weighted by atomic mass is 16.5. The Hall–Kier alpha value is -0.610. The summed E-state index contributed by atoms with van der Waals surface area (Å²) < 4.78 is 4.71. The molecule has 0 spiro atoms. The summed E-state index contributed by atoms with van der Waals surface area (Å²) >= 11 is 0. The van der Waals surface area contributed by atoms with E-state index in [1.54, 1.807) is 0 Å². The van der Waals surface area contributed by atoms with Gasteiger partial charge in [0, 0.05) is 0 Å². The smallest absolute Gasteiger partial charge is 0.316 e. The molecule has 4 nitrogen and oxygen atoms in total. The average Bonchev–Trinajstić information content (AvgIpc) is 2.65. The van der Waals surface area contributed by atoms with E-state index in [0.29, 0.717) is 6.42 Å². The Morgan fingerprint density at radius 3 is 1.40 bits per heavy atom. The zero-order valence-electron chi connectivity index (χ0n) is 16.7. The fourth-order valence-corrected chi connectivity index (χ4v) is 3.31. The normalized spacial score (nSPS) is 11.7. The lowest BCUT2D eigenvalue weighted by Crippen LogP contribution is -2.39. The minimum absolute atomic E-state index is 0.353. The van der Waals surface area contributed by atoms with Gasteiger partial charge >= 0.3 is 5.97 Å². The Bertz CT molecular complexity index is 300. The van der Waals surface area contributed by atoms with Gasteiger partial charge in [0.2, 0.25) is 0 Å². The molecule has 150 valence electrons. The second-order valence-corrected chi connectivity index (χ2v) is 7.43. The molecule has 0 radical (unpaired) electrons. The standard InChI is InChI=1S/C21H42O4/c1-3-4-5-6-7-8-9-10-11-12-13-14-15-16-17-21(18-22,19-23)20(24)25-2/h22-23H,3-19H2,1-2H3. The summed E-state index contributed by atoms with van der Waals surface area (Å²) in [6.07, 6.45) is 18.4. The van der Waals surface area contributed by atoms with Crippen LogP contribution in [0.3, 0.4) is 0 Å². The van der Waals surface area contributed by atoms with Crippen LogP contribution in [0.25, 0.3) is 0 Å². The molecule has 0 rings (SSSR count). The number of aliphatic hydroxyl groups excluding tert-OH is 2. The summed E-state index contributed by atoms with van der Waals surface area (Å²) in [7, 11) is 1.30. The van der Waals surface area contributed by atoms with Crippen LogP contribution in [0, 0.1) is 5.41 Å². The highest BCUT2D eigenvalue weighted by Gasteiger charge is 2.37. The number of esters is 1. The number of unbranched alkanes of at least 4 members (excludes halogenated alkanes) is 13. The van der Waals surface area contributed by atoms with Crippen molar-refractivity contribution < 1.29 is 19.7 Å². The van der Waals surface area contributed by atoms with Gasteiger partial charge in [-0.05, 0) is 6.42 Å². The average molecular weight is 359 g/mol. The molecule has 0 aliphatic heterocycles. The van der Waals surface area contributed by atoms with E-state index in [1.807, 2.05) is 0 Å². The van der Waals surface area contributed by atoms with E-state index in [4.69, 9.17) is 4.74 Å². The molecular formula is C21H42O4. The Morgan fingerprint density at radius 1 is 0.720 bits per heavy atom. The van der Waals surface area contributed by atoms with Gasteiger partial charge in [0.1, 0.15) is 5.41 Å². The predicted octanol–water partition coefficient (Wildman–Crippen LogP) is 5.00. The van der Waals surface area contributed by atoms with Gasteiger partial charge in [0.05, 0.1) is 20.3 Å². The molecule has 0 aromatic rings. The van der Waals surface area contributed by atoms with Crippen LogP contribution in [0.2, 0.25) is 0 Å². The molecule has 0 amide bonds. The van der Waals surface area contributed by atoms with Crippen LogP contribution in [0.15, 0.2) is 0 Å². The number of methoxy groups -OCH3 is 1. The maximum absolute atomic E-state index is 11.7. The topological polar surface area (TPSA) is 66.8 Å². The quantitative estimate of drug-likeness (QED) is 0.267. The molecule has 0 aliphatic carbocycles. The fourth-order valence-electron chi connectivity index (χ4n) is 3.31. The van der Waals surface area contributed by atoms with Crippen molar-refractivity contribution in [1.29, 1.82) is 0 Å². The molecule has 0 heterocycles. The number of hydrogen-bond donors (Lipinski definition) is 2. The van der Waals surface area contributed by atoms with Crippen LogP contribution in [0.4, 0.5) is 0 Å². The number of hydrogen-bond acceptors (Lipinski definition) is 4. The summed E-state index contributed by atoms with van der Waals surface area (Å²) in [6.45, 7) is 1.55. The van der Waals surface area contributed by atoms with Gasteiger partial charge in [-0.15, -0.1) is 0 Å². The zero-order valence-corrected chi connectivity index (χ0v) is 16.7. The van der Waals surface area contributed by atoms with Gasteiger partial charge in [-0.25, -0.2) is 0 Å². The maximum atomic E-state index is 11.7. The van der Waals surface area contributed by atoms with E-state index in [2.05, 4.69) is 6.92 Å². The SMILES string of the molecule is CCCCCCCCCCCCCCCCC(CO)(CO)C(=O)OC. The lowest BCUT2D eigenvalue weighted by atomic mass is 9.84. The van der Waals surface area contributed by atoms with E-state index in [9.17, 15) is 15.0 Å². The minimum Gasteiger partial charge on any atom is -0.468 e. The molecule has 0 atom stereocenters. The van der Waals surface area contributed by atoms with Crippen molar-refractivity contribution in [2.75, 3.05) is 20.3 Å². The molecule has 0 bridgehead atoms. The number of rotatable bonds is 18. The predicted molar refractivity (Wildman–Crippen MR) is 104 cm³/mol. The van der Waals surface area contributed by atoms with E-state index in [1.165, 1.54) is 77.7 Å². The van der Waals surface area contributed by atoms with Gasteiger partial charge in [0.25, 0.3) is 0 Å². The first-order chi connectivity index (χ1) is 12.2. The van der Waals surface area contributed by atoms with Crippen LogP contribution in [-0.4, -0.2) is 36.5 Å². The molecule has 0 aromatic heterocycles. The van der Waals surface area contributed by atoms with Crippen molar-refractivity contribution in [2.24, 2.45) is 5.41 Å². The zero-order chi connectivity index (χ0) is 18.8. The van der Waals surface area contributed by atoms with E-state index >= 15 is 0 Å². The van der Waals surface area contributed by atoms with E-state index in [0.717, 1.165) is 19.3 Å². The number of ether oxygens (including phenoxy) is 1. The second-order valence-electron chi connectivity index (χ2n) is 7.43. The third kappa shape index (κ3) is 11.6. The molecule has 0 aromatic carbocycles. The number of aliphatic hydroxyl groups is 2. The summed E-state index contributed by atoms with van der Waals surface area (Å²) in [6, 6.07) is 0. The third-order valence-electron chi connectivity index (χ3n) is 5.23.